The van der Waals surface area contributed by atoms with Gasteiger partial charge in [0, 0.05) is 32.0 Å². The van der Waals surface area contributed by atoms with Gasteiger partial charge in [-0.05, 0) is 31.0 Å². The van der Waals surface area contributed by atoms with Gasteiger partial charge in [0.15, 0.2) is 0 Å². The Bertz CT molecular complexity index is 388. The molecule has 2 rings (SSSR count). The maximum atomic E-state index is 12.7. The minimum atomic E-state index is -0.189. The van der Waals surface area contributed by atoms with E-state index in [0.717, 1.165) is 25.1 Å². The molecule has 1 fully saturated rings. The third-order valence-electron chi connectivity index (χ3n) is 3.43. The highest BCUT2D eigenvalue weighted by atomic mass is 19.1. The van der Waals surface area contributed by atoms with Crippen LogP contribution in [0.5, 0.6) is 0 Å². The summed E-state index contributed by atoms with van der Waals surface area (Å²) in [6.07, 6.45) is 2.26. The third kappa shape index (κ3) is 3.37. The topological polar surface area (TPSA) is 20.3 Å². The van der Waals surface area contributed by atoms with E-state index >= 15 is 0 Å². The van der Waals surface area contributed by atoms with E-state index in [1.54, 1.807) is 0 Å². The monoisotopic (exact) mass is 235 g/mol. The van der Waals surface area contributed by atoms with Crippen molar-refractivity contribution in [2.24, 2.45) is 0 Å². The summed E-state index contributed by atoms with van der Waals surface area (Å²) in [4.78, 5) is 13.6. The zero-order valence-electron chi connectivity index (χ0n) is 10.2. The van der Waals surface area contributed by atoms with E-state index in [-0.39, 0.29) is 5.82 Å². The number of hydrogen-bond donors (Lipinski definition) is 0. The second kappa shape index (κ2) is 5.41. The maximum Gasteiger partial charge on any atom is 0.135 e. The van der Waals surface area contributed by atoms with Crippen LogP contribution in [-0.4, -0.2) is 29.8 Å². The van der Waals surface area contributed by atoms with Crippen molar-refractivity contribution in [3.8, 4) is 0 Å². The van der Waals surface area contributed by atoms with Crippen LogP contribution in [0.25, 0.3) is 0 Å². The molecular formula is C14H18FNO. The highest BCUT2D eigenvalue weighted by molar-refractivity contribution is 5.79. The lowest BCUT2D eigenvalue weighted by Gasteiger charge is -2.32. The van der Waals surface area contributed by atoms with Crippen LogP contribution in [0.2, 0.25) is 0 Å². The molecule has 1 aromatic rings. The average molecular weight is 235 g/mol. The average Bonchev–Trinajstić information content (AvgIpc) is 2.30. The summed E-state index contributed by atoms with van der Waals surface area (Å²) in [5, 5.41) is 0. The van der Waals surface area contributed by atoms with Gasteiger partial charge in [-0.25, -0.2) is 4.39 Å². The summed E-state index contributed by atoms with van der Waals surface area (Å²) in [6.45, 7) is 3.91. The molecule has 1 aromatic carbocycles. The van der Waals surface area contributed by atoms with Crippen LogP contribution in [0, 0.1) is 5.82 Å². The van der Waals surface area contributed by atoms with Crippen molar-refractivity contribution in [1.82, 2.24) is 4.90 Å². The Morgan fingerprint density at radius 2 is 2.06 bits per heavy atom. The van der Waals surface area contributed by atoms with Crippen LogP contribution in [-0.2, 0) is 11.2 Å². The second-order valence-corrected chi connectivity index (χ2v) is 4.75. The van der Waals surface area contributed by atoms with Gasteiger partial charge in [0.25, 0.3) is 0 Å². The Labute approximate surface area is 101 Å². The van der Waals surface area contributed by atoms with Gasteiger partial charge in [-0.3, -0.25) is 9.69 Å². The first-order valence-electron chi connectivity index (χ1n) is 6.15. The normalized spacial score (nSPS) is 21.8. The summed E-state index contributed by atoms with van der Waals surface area (Å²) in [7, 11) is 0. The van der Waals surface area contributed by atoms with Crippen molar-refractivity contribution < 1.29 is 9.18 Å². The number of benzene rings is 1. The fraction of sp³-hybridized carbons (Fsp3) is 0.500. The number of carbonyl (C=O) groups excluding carboxylic acids is 1. The molecule has 0 spiro atoms. The summed E-state index contributed by atoms with van der Waals surface area (Å²) >= 11 is 0. The van der Waals surface area contributed by atoms with Gasteiger partial charge >= 0.3 is 0 Å². The molecule has 3 heteroatoms. The largest absolute Gasteiger partial charge is 0.300 e. The third-order valence-corrected chi connectivity index (χ3v) is 3.43. The molecule has 0 aromatic heterocycles. The zero-order chi connectivity index (χ0) is 12.3. The highest BCUT2D eigenvalue weighted by Gasteiger charge is 2.22. The lowest BCUT2D eigenvalue weighted by Crippen LogP contribution is -2.41. The predicted octanol–water partition coefficient (Wildman–Crippen LogP) is 2.42. The fourth-order valence-electron chi connectivity index (χ4n) is 2.31. The van der Waals surface area contributed by atoms with Crippen LogP contribution in [0.1, 0.15) is 25.3 Å². The van der Waals surface area contributed by atoms with E-state index in [1.807, 2.05) is 12.1 Å². The molecule has 92 valence electrons. The molecule has 1 atom stereocenters. The van der Waals surface area contributed by atoms with E-state index < -0.39 is 0 Å². The van der Waals surface area contributed by atoms with Crippen molar-refractivity contribution in [1.29, 1.82) is 0 Å². The van der Waals surface area contributed by atoms with Crippen molar-refractivity contribution in [2.75, 3.05) is 13.1 Å². The molecule has 1 aliphatic rings. The highest BCUT2D eigenvalue weighted by Crippen LogP contribution is 2.14. The summed E-state index contributed by atoms with van der Waals surface area (Å²) in [5.74, 6) is 0.182. The Morgan fingerprint density at radius 1 is 1.35 bits per heavy atom. The number of likely N-dealkylation sites (tertiary alicyclic amines) is 1. The zero-order valence-corrected chi connectivity index (χ0v) is 10.2. The van der Waals surface area contributed by atoms with Crippen LogP contribution in [0.15, 0.2) is 24.3 Å². The molecule has 0 aliphatic carbocycles. The lowest BCUT2D eigenvalue weighted by atomic mass is 10.0. The van der Waals surface area contributed by atoms with E-state index in [9.17, 15) is 9.18 Å². The first-order chi connectivity index (χ1) is 8.15. The minimum Gasteiger partial charge on any atom is -0.300 e. The molecule has 0 saturated carbocycles. The first kappa shape index (κ1) is 12.2. The number of carbonyl (C=O) groups is 1. The molecule has 2 nitrogen and oxygen atoms in total. The van der Waals surface area contributed by atoms with Gasteiger partial charge in [-0.15, -0.1) is 0 Å². The maximum absolute atomic E-state index is 12.7. The summed E-state index contributed by atoms with van der Waals surface area (Å²) in [6, 6.07) is 7.00. The van der Waals surface area contributed by atoms with Gasteiger partial charge in [-0.1, -0.05) is 12.1 Å². The fourth-order valence-corrected chi connectivity index (χ4v) is 2.31. The van der Waals surface area contributed by atoms with Gasteiger partial charge in [0.1, 0.15) is 11.6 Å². The predicted molar refractivity (Wildman–Crippen MR) is 65.4 cm³/mol. The molecule has 1 unspecified atom stereocenters. The summed E-state index contributed by atoms with van der Waals surface area (Å²) in [5.41, 5.74) is 1.15. The Morgan fingerprint density at radius 3 is 2.71 bits per heavy atom. The molecule has 0 N–H and O–H groups in total. The van der Waals surface area contributed by atoms with E-state index in [4.69, 9.17) is 0 Å². The number of nitrogens with zero attached hydrogens (tertiary/aromatic N) is 1. The SMILES string of the molecule is CC1CC(=O)CCN1CCc1ccc(F)cc1. The molecule has 1 heterocycles. The summed E-state index contributed by atoms with van der Waals surface area (Å²) < 4.78 is 12.7. The molecule has 1 aliphatic heterocycles. The van der Waals surface area contributed by atoms with Crippen LogP contribution in [0.3, 0.4) is 0 Å². The lowest BCUT2D eigenvalue weighted by molar-refractivity contribution is -0.122. The Balaban J connectivity index is 1.85. The number of halogens is 1. The van der Waals surface area contributed by atoms with Crippen molar-refractivity contribution in [3.05, 3.63) is 35.6 Å². The Kier molecular flexibility index (Phi) is 3.89. The van der Waals surface area contributed by atoms with Gasteiger partial charge in [0.05, 0.1) is 0 Å². The molecular weight excluding hydrogens is 217 g/mol. The number of Topliss-reactive ketones (excluding diaryl/α,β-unsaturated/α-hetero) is 1. The standard InChI is InChI=1S/C14H18FNO/c1-11-10-14(17)7-9-16(11)8-6-12-2-4-13(15)5-3-12/h2-5,11H,6-10H2,1H3. The van der Waals surface area contributed by atoms with E-state index in [0.29, 0.717) is 24.7 Å². The molecule has 0 bridgehead atoms. The number of rotatable bonds is 3. The van der Waals surface area contributed by atoms with Crippen LogP contribution < -0.4 is 0 Å². The number of ketones is 1. The van der Waals surface area contributed by atoms with E-state index in [2.05, 4.69) is 11.8 Å². The van der Waals surface area contributed by atoms with E-state index in [1.165, 1.54) is 12.1 Å². The molecule has 1 saturated heterocycles. The smallest absolute Gasteiger partial charge is 0.135 e. The van der Waals surface area contributed by atoms with Gasteiger partial charge in [0.2, 0.25) is 0 Å². The molecule has 0 radical (unpaired) electrons. The van der Waals surface area contributed by atoms with Gasteiger partial charge in [-0.2, -0.15) is 0 Å². The number of piperidine rings is 1. The minimum absolute atomic E-state index is 0.189. The number of hydrogen-bond acceptors (Lipinski definition) is 2. The van der Waals surface area contributed by atoms with Crippen LogP contribution >= 0.6 is 0 Å². The van der Waals surface area contributed by atoms with Gasteiger partial charge < -0.3 is 0 Å². The molecule has 0 amide bonds. The first-order valence-corrected chi connectivity index (χ1v) is 6.15. The quantitative estimate of drug-likeness (QED) is 0.802. The van der Waals surface area contributed by atoms with Crippen LogP contribution in [0.4, 0.5) is 4.39 Å². The van der Waals surface area contributed by atoms with Crippen molar-refractivity contribution in [3.63, 3.8) is 0 Å². The van der Waals surface area contributed by atoms with Crippen molar-refractivity contribution in [2.45, 2.75) is 32.2 Å². The van der Waals surface area contributed by atoms with Crippen molar-refractivity contribution >= 4 is 5.78 Å². The second-order valence-electron chi connectivity index (χ2n) is 4.75. The Hall–Kier alpha value is -1.22. The molecule has 17 heavy (non-hydrogen) atoms.